The molecule has 0 atom stereocenters. The SMILES string of the molecule is CNCC(=O)N(C=N)CCC(N)=S. The number of carbonyl (C=O) groups is 1. The second kappa shape index (κ2) is 6.50. The Morgan fingerprint density at radius 3 is 2.77 bits per heavy atom. The van der Waals surface area contributed by atoms with Gasteiger partial charge in [-0.15, -0.1) is 0 Å². The zero-order valence-electron chi connectivity index (χ0n) is 7.54. The van der Waals surface area contributed by atoms with Crippen LogP contribution in [0.1, 0.15) is 6.42 Å². The van der Waals surface area contributed by atoms with Crippen LogP contribution in [0.3, 0.4) is 0 Å². The standard InChI is InChI=1S/C7H14N4OS/c1-10-4-7(12)11(5-8)3-2-6(9)13/h5,8,10H,2-4H2,1H3,(H2,9,13). The van der Waals surface area contributed by atoms with Crippen LogP contribution in [0.5, 0.6) is 0 Å². The highest BCUT2D eigenvalue weighted by molar-refractivity contribution is 7.80. The van der Waals surface area contributed by atoms with Crippen molar-refractivity contribution in [3.63, 3.8) is 0 Å². The Hall–Kier alpha value is -1.01. The second-order valence-corrected chi connectivity index (χ2v) is 2.99. The summed E-state index contributed by atoms with van der Waals surface area (Å²) in [6.07, 6.45) is 1.43. The summed E-state index contributed by atoms with van der Waals surface area (Å²) in [5, 5.41) is 9.69. The lowest BCUT2D eigenvalue weighted by Crippen LogP contribution is -2.37. The summed E-state index contributed by atoms with van der Waals surface area (Å²) in [6, 6.07) is 0. The molecular weight excluding hydrogens is 188 g/mol. The van der Waals surface area contributed by atoms with Crippen LogP contribution < -0.4 is 11.1 Å². The first-order valence-corrected chi connectivity index (χ1v) is 4.25. The number of nitrogens with two attached hydrogens (primary N) is 1. The van der Waals surface area contributed by atoms with Gasteiger partial charge in [0.15, 0.2) is 0 Å². The molecule has 0 spiro atoms. The minimum Gasteiger partial charge on any atom is -0.393 e. The Kier molecular flexibility index (Phi) is 5.99. The number of thiocarbonyl (C=S) groups is 1. The highest BCUT2D eigenvalue weighted by atomic mass is 32.1. The predicted molar refractivity (Wildman–Crippen MR) is 55.8 cm³/mol. The molecule has 4 N–H and O–H groups in total. The van der Waals surface area contributed by atoms with Crippen molar-refractivity contribution >= 4 is 29.5 Å². The molecule has 0 aliphatic rings. The number of carbonyl (C=O) groups excluding carboxylic acids is 1. The van der Waals surface area contributed by atoms with E-state index in [-0.39, 0.29) is 12.5 Å². The van der Waals surface area contributed by atoms with Crippen molar-refractivity contribution in [2.75, 3.05) is 20.1 Å². The van der Waals surface area contributed by atoms with E-state index in [4.69, 9.17) is 11.1 Å². The van der Waals surface area contributed by atoms with Crippen molar-refractivity contribution in [2.45, 2.75) is 6.42 Å². The van der Waals surface area contributed by atoms with E-state index in [0.29, 0.717) is 18.0 Å². The lowest BCUT2D eigenvalue weighted by atomic mass is 10.4. The molecule has 74 valence electrons. The highest BCUT2D eigenvalue weighted by Crippen LogP contribution is 1.89. The first kappa shape index (κ1) is 12.0. The quantitative estimate of drug-likeness (QED) is 0.303. The van der Waals surface area contributed by atoms with Gasteiger partial charge in [-0.2, -0.15) is 0 Å². The molecule has 0 aliphatic carbocycles. The third-order valence-electron chi connectivity index (χ3n) is 1.40. The van der Waals surface area contributed by atoms with Crippen LogP contribution in [-0.4, -0.2) is 42.3 Å². The number of rotatable bonds is 6. The van der Waals surface area contributed by atoms with Crippen LogP contribution >= 0.6 is 12.2 Å². The number of likely N-dealkylation sites (N-methyl/N-ethyl adjacent to an activating group) is 1. The topological polar surface area (TPSA) is 82.2 Å². The van der Waals surface area contributed by atoms with Crippen molar-refractivity contribution in [1.29, 1.82) is 5.41 Å². The Morgan fingerprint density at radius 2 is 2.38 bits per heavy atom. The lowest BCUT2D eigenvalue weighted by Gasteiger charge is -2.15. The molecule has 5 nitrogen and oxygen atoms in total. The minimum absolute atomic E-state index is 0.159. The average molecular weight is 202 g/mol. The van der Waals surface area contributed by atoms with Gasteiger partial charge in [-0.25, -0.2) is 0 Å². The van der Waals surface area contributed by atoms with Crippen molar-refractivity contribution in [3.8, 4) is 0 Å². The van der Waals surface area contributed by atoms with E-state index < -0.39 is 0 Å². The number of hydrogen-bond acceptors (Lipinski definition) is 4. The van der Waals surface area contributed by atoms with Gasteiger partial charge >= 0.3 is 0 Å². The molecule has 0 heterocycles. The molecule has 0 bridgehead atoms. The lowest BCUT2D eigenvalue weighted by molar-refractivity contribution is -0.126. The van der Waals surface area contributed by atoms with E-state index in [9.17, 15) is 4.79 Å². The second-order valence-electron chi connectivity index (χ2n) is 2.46. The molecule has 0 unspecified atom stereocenters. The molecular formula is C7H14N4OS. The minimum atomic E-state index is -0.159. The first-order valence-electron chi connectivity index (χ1n) is 3.84. The van der Waals surface area contributed by atoms with Gasteiger partial charge in [-0.1, -0.05) is 12.2 Å². The molecule has 0 saturated heterocycles. The number of amides is 1. The van der Waals surface area contributed by atoms with E-state index in [2.05, 4.69) is 17.5 Å². The summed E-state index contributed by atoms with van der Waals surface area (Å²) in [5.41, 5.74) is 5.27. The average Bonchev–Trinajstić information content (AvgIpc) is 2.05. The normalized spacial score (nSPS) is 9.31. The summed E-state index contributed by atoms with van der Waals surface area (Å²) < 4.78 is 0. The monoisotopic (exact) mass is 202 g/mol. The number of nitrogens with one attached hydrogen (secondary N) is 2. The first-order chi connectivity index (χ1) is 6.11. The Bertz CT molecular complexity index is 207. The summed E-state index contributed by atoms with van der Waals surface area (Å²) >= 11 is 4.66. The van der Waals surface area contributed by atoms with Crippen LogP contribution in [0, 0.1) is 5.41 Å². The number of nitrogens with zero attached hydrogens (tertiary/aromatic N) is 1. The fourth-order valence-corrected chi connectivity index (χ4v) is 0.836. The fourth-order valence-electron chi connectivity index (χ4n) is 0.745. The Balaban J connectivity index is 3.94. The van der Waals surface area contributed by atoms with Gasteiger partial charge in [0, 0.05) is 13.0 Å². The van der Waals surface area contributed by atoms with Gasteiger partial charge in [0.1, 0.15) is 0 Å². The molecule has 0 aromatic rings. The van der Waals surface area contributed by atoms with Gasteiger partial charge in [0.25, 0.3) is 0 Å². The maximum atomic E-state index is 11.2. The molecule has 0 fully saturated rings. The molecule has 0 radical (unpaired) electrons. The van der Waals surface area contributed by atoms with E-state index in [1.165, 1.54) is 4.90 Å². The molecule has 0 saturated carbocycles. The predicted octanol–water partition coefficient (Wildman–Crippen LogP) is -0.682. The van der Waals surface area contributed by atoms with Crippen LogP contribution in [0.2, 0.25) is 0 Å². The largest absolute Gasteiger partial charge is 0.393 e. The van der Waals surface area contributed by atoms with Crippen molar-refractivity contribution in [3.05, 3.63) is 0 Å². The van der Waals surface area contributed by atoms with Crippen LogP contribution in [-0.2, 0) is 4.79 Å². The van der Waals surface area contributed by atoms with Crippen molar-refractivity contribution < 1.29 is 4.79 Å². The molecule has 0 aromatic carbocycles. The van der Waals surface area contributed by atoms with Crippen molar-refractivity contribution in [1.82, 2.24) is 10.2 Å². The van der Waals surface area contributed by atoms with Crippen LogP contribution in [0.25, 0.3) is 0 Å². The molecule has 0 aromatic heterocycles. The van der Waals surface area contributed by atoms with Gasteiger partial charge in [0.2, 0.25) is 5.91 Å². The van der Waals surface area contributed by atoms with Gasteiger partial charge in [-0.3, -0.25) is 10.2 Å². The van der Waals surface area contributed by atoms with E-state index in [1.54, 1.807) is 7.05 Å². The Morgan fingerprint density at radius 1 is 1.77 bits per heavy atom. The summed E-state index contributed by atoms with van der Waals surface area (Å²) in [5.74, 6) is -0.159. The van der Waals surface area contributed by atoms with E-state index in [1.807, 2.05) is 0 Å². The summed E-state index contributed by atoms with van der Waals surface area (Å²) in [4.78, 5) is 12.8. The van der Waals surface area contributed by atoms with Crippen LogP contribution in [0.15, 0.2) is 0 Å². The molecule has 1 amide bonds. The van der Waals surface area contributed by atoms with Gasteiger partial charge in [-0.05, 0) is 7.05 Å². The maximum Gasteiger partial charge on any atom is 0.241 e. The van der Waals surface area contributed by atoms with Crippen LogP contribution in [0.4, 0.5) is 0 Å². The number of hydrogen-bond donors (Lipinski definition) is 3. The summed E-state index contributed by atoms with van der Waals surface area (Å²) in [7, 11) is 1.67. The van der Waals surface area contributed by atoms with Crippen molar-refractivity contribution in [2.24, 2.45) is 5.73 Å². The zero-order chi connectivity index (χ0) is 10.3. The molecule has 0 aliphatic heterocycles. The smallest absolute Gasteiger partial charge is 0.241 e. The maximum absolute atomic E-state index is 11.2. The molecule has 6 heteroatoms. The highest BCUT2D eigenvalue weighted by Gasteiger charge is 2.09. The molecule has 13 heavy (non-hydrogen) atoms. The summed E-state index contributed by atoms with van der Waals surface area (Å²) in [6.45, 7) is 0.589. The fraction of sp³-hybridized carbons (Fsp3) is 0.571. The van der Waals surface area contributed by atoms with E-state index >= 15 is 0 Å². The van der Waals surface area contributed by atoms with Gasteiger partial charge < -0.3 is 16.0 Å². The molecule has 0 rings (SSSR count). The zero-order valence-corrected chi connectivity index (χ0v) is 8.36. The third kappa shape index (κ3) is 5.26. The van der Waals surface area contributed by atoms with Gasteiger partial charge in [0.05, 0.1) is 17.9 Å². The van der Waals surface area contributed by atoms with E-state index in [0.717, 1.165) is 6.34 Å². The Labute approximate surface area is 82.8 Å². The third-order valence-corrected chi connectivity index (χ3v) is 1.61.